The summed E-state index contributed by atoms with van der Waals surface area (Å²) >= 11 is 10.3. The van der Waals surface area contributed by atoms with Gasteiger partial charge < -0.3 is 11.5 Å². The summed E-state index contributed by atoms with van der Waals surface area (Å²) in [6.45, 7) is 0.429. The van der Waals surface area contributed by atoms with Crippen molar-refractivity contribution in [3.8, 4) is 0 Å². The van der Waals surface area contributed by atoms with Crippen LogP contribution in [-0.4, -0.2) is 6.54 Å². The van der Waals surface area contributed by atoms with Gasteiger partial charge in [0.1, 0.15) is 0 Å². The molecule has 0 saturated heterocycles. The van der Waals surface area contributed by atoms with Gasteiger partial charge in [-0.25, -0.2) is 0 Å². The third kappa shape index (κ3) is 3.47. The predicted molar refractivity (Wildman–Crippen MR) is 72.8 cm³/mol. The third-order valence-corrected chi connectivity index (χ3v) is 3.44. The van der Waals surface area contributed by atoms with E-state index in [1.54, 1.807) is 0 Å². The average Bonchev–Trinajstić information content (AvgIpc) is 2.02. The molecule has 1 aromatic rings. The number of halogens is 4. The van der Waals surface area contributed by atoms with Gasteiger partial charge in [0, 0.05) is 26.0 Å². The lowest BCUT2D eigenvalue weighted by Gasteiger charge is -2.14. The Morgan fingerprint density at radius 3 is 1.93 bits per heavy atom. The Bertz CT molecular complexity index is 296. The molecule has 4 N–H and O–H groups in total. The first-order valence-electron chi connectivity index (χ1n) is 3.66. The average molecular weight is 409 g/mol. The molecule has 80 valence electrons. The highest BCUT2D eigenvalue weighted by Crippen LogP contribution is 2.32. The van der Waals surface area contributed by atoms with Gasteiger partial charge in [-0.3, -0.25) is 0 Å². The summed E-state index contributed by atoms with van der Waals surface area (Å²) in [5.41, 5.74) is 12.4. The fourth-order valence-electron chi connectivity index (χ4n) is 1.03. The van der Waals surface area contributed by atoms with Crippen molar-refractivity contribution in [2.45, 2.75) is 6.04 Å². The van der Waals surface area contributed by atoms with Gasteiger partial charge in [-0.2, -0.15) is 0 Å². The van der Waals surface area contributed by atoms with Crippen LogP contribution in [0.1, 0.15) is 11.6 Å². The van der Waals surface area contributed by atoms with E-state index in [0.717, 1.165) is 19.0 Å². The molecule has 0 heterocycles. The molecule has 0 aromatic heterocycles. The molecule has 6 heteroatoms. The van der Waals surface area contributed by atoms with Crippen molar-refractivity contribution < 1.29 is 0 Å². The van der Waals surface area contributed by atoms with Crippen molar-refractivity contribution in [2.24, 2.45) is 11.5 Å². The van der Waals surface area contributed by atoms with E-state index < -0.39 is 0 Å². The highest BCUT2D eigenvalue weighted by Gasteiger charge is 2.12. The lowest BCUT2D eigenvalue weighted by Crippen LogP contribution is -2.21. The molecule has 0 saturated carbocycles. The van der Waals surface area contributed by atoms with Crippen molar-refractivity contribution in [3.63, 3.8) is 0 Å². The number of rotatable bonds is 2. The van der Waals surface area contributed by atoms with Crippen LogP contribution in [0.3, 0.4) is 0 Å². The molecule has 14 heavy (non-hydrogen) atoms. The van der Waals surface area contributed by atoms with Crippen LogP contribution in [0.25, 0.3) is 0 Å². The predicted octanol–water partition coefficient (Wildman–Crippen LogP) is 3.35. The van der Waals surface area contributed by atoms with Crippen molar-refractivity contribution in [2.75, 3.05) is 6.54 Å². The monoisotopic (exact) mass is 406 g/mol. The number of nitrogens with two attached hydrogens (primary N) is 2. The van der Waals surface area contributed by atoms with Crippen LogP contribution in [0, 0.1) is 0 Å². The summed E-state index contributed by atoms with van der Waals surface area (Å²) in [7, 11) is 0. The Morgan fingerprint density at radius 2 is 1.57 bits per heavy atom. The molecular formula is C8H10Br3ClN2. The molecule has 0 aliphatic carbocycles. The molecule has 0 bridgehead atoms. The van der Waals surface area contributed by atoms with E-state index in [1.807, 2.05) is 12.1 Å². The standard InChI is InChI=1S/C8H9Br3N2.ClH/c9-4-1-5(10)8(6(11)2-4)7(13)3-12;/h1-2,7H,3,12-13H2;1H. The largest absolute Gasteiger partial charge is 0.329 e. The Labute approximate surface area is 115 Å². The first kappa shape index (κ1) is 14.9. The van der Waals surface area contributed by atoms with Crippen LogP contribution in [0.5, 0.6) is 0 Å². The molecule has 1 rings (SSSR count). The van der Waals surface area contributed by atoms with E-state index in [4.69, 9.17) is 11.5 Å². The van der Waals surface area contributed by atoms with E-state index in [0.29, 0.717) is 6.54 Å². The molecule has 2 nitrogen and oxygen atoms in total. The smallest absolute Gasteiger partial charge is 0.0442 e. The van der Waals surface area contributed by atoms with Gasteiger partial charge >= 0.3 is 0 Å². The van der Waals surface area contributed by atoms with Gasteiger partial charge in [0.2, 0.25) is 0 Å². The zero-order chi connectivity index (χ0) is 10.0. The van der Waals surface area contributed by atoms with Gasteiger partial charge in [0.15, 0.2) is 0 Å². The molecule has 0 amide bonds. The highest BCUT2D eigenvalue weighted by molar-refractivity contribution is 9.11. The van der Waals surface area contributed by atoms with Crippen molar-refractivity contribution >= 4 is 60.2 Å². The second-order valence-electron chi connectivity index (χ2n) is 2.63. The van der Waals surface area contributed by atoms with E-state index in [1.165, 1.54) is 0 Å². The van der Waals surface area contributed by atoms with Crippen molar-refractivity contribution in [1.29, 1.82) is 0 Å². The quantitative estimate of drug-likeness (QED) is 0.787. The molecule has 0 fully saturated rings. The van der Waals surface area contributed by atoms with Gasteiger partial charge in [0.05, 0.1) is 0 Å². The van der Waals surface area contributed by atoms with Gasteiger partial charge in [0.25, 0.3) is 0 Å². The maximum absolute atomic E-state index is 5.85. The first-order valence-corrected chi connectivity index (χ1v) is 6.04. The first-order chi connectivity index (χ1) is 6.06. The Balaban J connectivity index is 0.00000169. The lowest BCUT2D eigenvalue weighted by atomic mass is 10.1. The zero-order valence-corrected chi connectivity index (χ0v) is 12.7. The summed E-state index contributed by atoms with van der Waals surface area (Å²) < 4.78 is 2.93. The van der Waals surface area contributed by atoms with Crippen LogP contribution >= 0.6 is 60.2 Å². The lowest BCUT2D eigenvalue weighted by molar-refractivity contribution is 0.729. The number of benzene rings is 1. The SMILES string of the molecule is Cl.NCC(N)c1c(Br)cc(Br)cc1Br. The molecular weight excluding hydrogens is 399 g/mol. The summed E-state index contributed by atoms with van der Waals surface area (Å²) in [6, 6.07) is 3.77. The summed E-state index contributed by atoms with van der Waals surface area (Å²) in [6.07, 6.45) is 0. The van der Waals surface area contributed by atoms with Gasteiger partial charge in [-0.15, -0.1) is 12.4 Å². The Kier molecular flexibility index (Phi) is 6.85. The van der Waals surface area contributed by atoms with Crippen molar-refractivity contribution in [1.82, 2.24) is 0 Å². The van der Waals surface area contributed by atoms with E-state index in [9.17, 15) is 0 Å². The molecule has 1 aromatic carbocycles. The zero-order valence-electron chi connectivity index (χ0n) is 7.14. The molecule has 0 aliphatic rings. The minimum Gasteiger partial charge on any atom is -0.329 e. The number of hydrogen-bond donors (Lipinski definition) is 2. The summed E-state index contributed by atoms with van der Waals surface area (Å²) in [5.74, 6) is 0. The van der Waals surface area contributed by atoms with Crippen LogP contribution < -0.4 is 11.5 Å². The third-order valence-electron chi connectivity index (χ3n) is 1.67. The second kappa shape index (κ2) is 6.45. The minimum absolute atomic E-state index is 0. The molecule has 1 unspecified atom stereocenters. The summed E-state index contributed by atoms with van der Waals surface area (Å²) in [4.78, 5) is 0. The highest BCUT2D eigenvalue weighted by atomic mass is 79.9. The van der Waals surface area contributed by atoms with Gasteiger partial charge in [-0.05, 0) is 17.7 Å². The van der Waals surface area contributed by atoms with Crippen LogP contribution in [0.15, 0.2) is 25.6 Å². The molecule has 0 radical (unpaired) electrons. The molecule has 0 spiro atoms. The normalized spacial score (nSPS) is 12.1. The molecule has 1 atom stereocenters. The topological polar surface area (TPSA) is 52.0 Å². The second-order valence-corrected chi connectivity index (χ2v) is 5.25. The van der Waals surface area contributed by atoms with E-state index in [-0.39, 0.29) is 18.4 Å². The maximum Gasteiger partial charge on any atom is 0.0442 e. The fourth-order valence-corrected chi connectivity index (χ4v) is 3.87. The Hall–Kier alpha value is 0.870. The van der Waals surface area contributed by atoms with Gasteiger partial charge in [-0.1, -0.05) is 47.8 Å². The van der Waals surface area contributed by atoms with Crippen LogP contribution in [0.4, 0.5) is 0 Å². The van der Waals surface area contributed by atoms with Crippen LogP contribution in [0.2, 0.25) is 0 Å². The van der Waals surface area contributed by atoms with Crippen molar-refractivity contribution in [3.05, 3.63) is 31.1 Å². The summed E-state index contributed by atoms with van der Waals surface area (Å²) in [5, 5.41) is 0. The van der Waals surface area contributed by atoms with E-state index in [2.05, 4.69) is 47.8 Å². The Morgan fingerprint density at radius 1 is 1.14 bits per heavy atom. The maximum atomic E-state index is 5.85. The molecule has 0 aliphatic heterocycles. The fraction of sp³-hybridized carbons (Fsp3) is 0.250. The number of hydrogen-bond acceptors (Lipinski definition) is 2. The van der Waals surface area contributed by atoms with E-state index >= 15 is 0 Å². The van der Waals surface area contributed by atoms with Crippen LogP contribution in [-0.2, 0) is 0 Å². The minimum atomic E-state index is -0.142.